The molecule has 5 heteroatoms. The lowest BCUT2D eigenvalue weighted by atomic mass is 10.3. The zero-order valence-electron chi connectivity index (χ0n) is 11.6. The number of nitrogens with two attached hydrogens (primary N) is 1. The van der Waals surface area contributed by atoms with Crippen LogP contribution >= 0.6 is 0 Å². The van der Waals surface area contributed by atoms with Gasteiger partial charge in [-0.15, -0.1) is 0 Å². The van der Waals surface area contributed by atoms with E-state index in [1.807, 2.05) is 11.8 Å². The van der Waals surface area contributed by atoms with Gasteiger partial charge in [0.1, 0.15) is 0 Å². The summed E-state index contributed by atoms with van der Waals surface area (Å²) >= 11 is 0. The summed E-state index contributed by atoms with van der Waals surface area (Å²) in [5, 5.41) is 0. The molecule has 0 saturated carbocycles. The molecule has 0 unspecified atom stereocenters. The number of nitrogens with zero attached hydrogens (tertiary/aromatic N) is 2. The molecule has 1 heterocycles. The van der Waals surface area contributed by atoms with Gasteiger partial charge in [-0.1, -0.05) is 0 Å². The molecule has 1 aliphatic rings. The van der Waals surface area contributed by atoms with Gasteiger partial charge in [0.15, 0.2) is 0 Å². The Morgan fingerprint density at radius 1 is 1.28 bits per heavy atom. The largest absolute Gasteiger partial charge is 0.381 e. The van der Waals surface area contributed by atoms with E-state index in [9.17, 15) is 4.79 Å². The van der Waals surface area contributed by atoms with Crippen molar-refractivity contribution >= 4 is 5.91 Å². The van der Waals surface area contributed by atoms with Gasteiger partial charge in [0, 0.05) is 26.2 Å². The molecule has 1 fully saturated rings. The third-order valence-electron chi connectivity index (χ3n) is 3.28. The third-order valence-corrected chi connectivity index (χ3v) is 3.28. The van der Waals surface area contributed by atoms with Crippen LogP contribution in [0.15, 0.2) is 0 Å². The van der Waals surface area contributed by atoms with Gasteiger partial charge in [0.2, 0.25) is 5.91 Å². The number of carbonyl (C=O) groups excluding carboxylic acids is 1. The Morgan fingerprint density at radius 2 is 2.11 bits per heavy atom. The summed E-state index contributed by atoms with van der Waals surface area (Å²) in [5.41, 5.74) is 5.52. The molecular formula is C13H27N3O2. The van der Waals surface area contributed by atoms with E-state index in [2.05, 4.69) is 4.90 Å². The number of rotatable bonds is 7. The SMILES string of the molecule is CCOCCC(=O)N1CCCN(CCCN)CC1. The fraction of sp³-hybridized carbons (Fsp3) is 0.923. The highest BCUT2D eigenvalue weighted by Gasteiger charge is 2.18. The number of carbonyl (C=O) groups is 1. The lowest BCUT2D eigenvalue weighted by Crippen LogP contribution is -2.36. The molecule has 0 radical (unpaired) electrons. The van der Waals surface area contributed by atoms with E-state index < -0.39 is 0 Å². The fourth-order valence-corrected chi connectivity index (χ4v) is 2.22. The van der Waals surface area contributed by atoms with Crippen molar-refractivity contribution < 1.29 is 9.53 Å². The van der Waals surface area contributed by atoms with Crippen molar-refractivity contribution in [3.05, 3.63) is 0 Å². The van der Waals surface area contributed by atoms with Crippen LogP contribution in [0.25, 0.3) is 0 Å². The second-order valence-electron chi connectivity index (χ2n) is 4.67. The first-order valence-electron chi connectivity index (χ1n) is 7.06. The minimum Gasteiger partial charge on any atom is -0.381 e. The van der Waals surface area contributed by atoms with Gasteiger partial charge < -0.3 is 20.3 Å². The minimum atomic E-state index is 0.226. The second kappa shape index (κ2) is 9.30. The van der Waals surface area contributed by atoms with Crippen LogP contribution in [0.2, 0.25) is 0 Å². The van der Waals surface area contributed by atoms with E-state index in [1.165, 1.54) is 0 Å². The van der Waals surface area contributed by atoms with Gasteiger partial charge in [-0.3, -0.25) is 4.79 Å². The molecule has 0 aromatic heterocycles. The topological polar surface area (TPSA) is 58.8 Å². The lowest BCUT2D eigenvalue weighted by Gasteiger charge is -2.21. The van der Waals surface area contributed by atoms with Gasteiger partial charge in [-0.05, 0) is 39.4 Å². The van der Waals surface area contributed by atoms with E-state index in [0.29, 0.717) is 19.6 Å². The van der Waals surface area contributed by atoms with E-state index in [1.54, 1.807) is 0 Å². The van der Waals surface area contributed by atoms with Gasteiger partial charge in [0.25, 0.3) is 0 Å². The van der Waals surface area contributed by atoms with E-state index >= 15 is 0 Å². The highest BCUT2D eigenvalue weighted by Crippen LogP contribution is 2.05. The molecule has 1 saturated heterocycles. The molecule has 0 spiro atoms. The first kappa shape index (κ1) is 15.4. The zero-order valence-corrected chi connectivity index (χ0v) is 11.6. The van der Waals surface area contributed by atoms with Gasteiger partial charge in [0.05, 0.1) is 13.0 Å². The molecule has 5 nitrogen and oxygen atoms in total. The Morgan fingerprint density at radius 3 is 2.83 bits per heavy atom. The van der Waals surface area contributed by atoms with Crippen LogP contribution in [0.3, 0.4) is 0 Å². The molecule has 0 aromatic rings. The maximum absolute atomic E-state index is 12.0. The minimum absolute atomic E-state index is 0.226. The van der Waals surface area contributed by atoms with E-state index in [0.717, 1.165) is 52.1 Å². The van der Waals surface area contributed by atoms with Crippen molar-refractivity contribution in [2.45, 2.75) is 26.2 Å². The third kappa shape index (κ3) is 5.80. The highest BCUT2D eigenvalue weighted by molar-refractivity contribution is 5.76. The lowest BCUT2D eigenvalue weighted by molar-refractivity contribution is -0.132. The summed E-state index contributed by atoms with van der Waals surface area (Å²) in [6.07, 6.45) is 2.61. The molecule has 1 rings (SSSR count). The van der Waals surface area contributed by atoms with Gasteiger partial charge in [-0.2, -0.15) is 0 Å². The van der Waals surface area contributed by atoms with Crippen LogP contribution in [-0.4, -0.2) is 68.2 Å². The molecule has 0 aromatic carbocycles. The van der Waals surface area contributed by atoms with Gasteiger partial charge in [-0.25, -0.2) is 0 Å². The van der Waals surface area contributed by atoms with Crippen molar-refractivity contribution in [3.8, 4) is 0 Å². The van der Waals surface area contributed by atoms with Crippen LogP contribution in [0.4, 0.5) is 0 Å². The van der Waals surface area contributed by atoms with E-state index in [4.69, 9.17) is 10.5 Å². The van der Waals surface area contributed by atoms with Crippen LogP contribution in [0, 0.1) is 0 Å². The number of amides is 1. The molecule has 0 aliphatic carbocycles. The summed E-state index contributed by atoms with van der Waals surface area (Å²) in [5.74, 6) is 0.226. The quantitative estimate of drug-likeness (QED) is 0.666. The van der Waals surface area contributed by atoms with Gasteiger partial charge >= 0.3 is 0 Å². The van der Waals surface area contributed by atoms with Crippen LogP contribution in [0.5, 0.6) is 0 Å². The predicted molar refractivity (Wildman–Crippen MR) is 72.4 cm³/mol. The van der Waals surface area contributed by atoms with Crippen LogP contribution < -0.4 is 5.73 Å². The number of hydrogen-bond donors (Lipinski definition) is 1. The summed E-state index contributed by atoms with van der Waals surface area (Å²) in [6, 6.07) is 0. The Kier molecular flexibility index (Phi) is 7.96. The fourth-order valence-electron chi connectivity index (χ4n) is 2.22. The number of ether oxygens (including phenoxy) is 1. The molecule has 1 amide bonds. The Bertz CT molecular complexity index is 236. The Hall–Kier alpha value is -0.650. The molecule has 106 valence electrons. The summed E-state index contributed by atoms with van der Waals surface area (Å²) in [4.78, 5) is 16.3. The maximum Gasteiger partial charge on any atom is 0.224 e. The molecule has 0 atom stereocenters. The molecule has 18 heavy (non-hydrogen) atoms. The van der Waals surface area contributed by atoms with Crippen molar-refractivity contribution in [2.24, 2.45) is 5.73 Å². The Labute approximate surface area is 110 Å². The average molecular weight is 257 g/mol. The normalized spacial score (nSPS) is 17.8. The molecule has 0 bridgehead atoms. The first-order chi connectivity index (χ1) is 8.77. The van der Waals surface area contributed by atoms with Crippen molar-refractivity contribution in [3.63, 3.8) is 0 Å². The van der Waals surface area contributed by atoms with Crippen molar-refractivity contribution in [2.75, 3.05) is 52.5 Å². The first-order valence-corrected chi connectivity index (χ1v) is 7.06. The Balaban J connectivity index is 2.25. The summed E-state index contributed by atoms with van der Waals surface area (Å²) < 4.78 is 5.23. The maximum atomic E-state index is 12.0. The molecular weight excluding hydrogens is 230 g/mol. The monoisotopic (exact) mass is 257 g/mol. The van der Waals surface area contributed by atoms with Crippen molar-refractivity contribution in [1.82, 2.24) is 9.80 Å². The standard InChI is InChI=1S/C13H27N3O2/c1-2-18-12-5-13(17)16-9-4-8-15(10-11-16)7-3-6-14/h2-12,14H2,1H3. The van der Waals surface area contributed by atoms with E-state index in [-0.39, 0.29) is 5.91 Å². The predicted octanol–water partition coefficient (Wildman–Crippen LogP) is 0.296. The summed E-state index contributed by atoms with van der Waals surface area (Å²) in [7, 11) is 0. The van der Waals surface area contributed by atoms with Crippen LogP contribution in [-0.2, 0) is 9.53 Å². The van der Waals surface area contributed by atoms with Crippen molar-refractivity contribution in [1.29, 1.82) is 0 Å². The highest BCUT2D eigenvalue weighted by atomic mass is 16.5. The smallest absolute Gasteiger partial charge is 0.224 e. The number of hydrogen-bond acceptors (Lipinski definition) is 4. The molecule has 1 aliphatic heterocycles. The second-order valence-corrected chi connectivity index (χ2v) is 4.67. The van der Waals surface area contributed by atoms with Crippen LogP contribution in [0.1, 0.15) is 26.2 Å². The summed E-state index contributed by atoms with van der Waals surface area (Å²) in [6.45, 7) is 8.74. The zero-order chi connectivity index (χ0) is 13.2. The molecule has 2 N–H and O–H groups in total. The average Bonchev–Trinajstić information content (AvgIpc) is 2.62.